The minimum atomic E-state index is -0.834. The number of benzene rings is 1. The normalized spacial score (nSPS) is 11.0. The van der Waals surface area contributed by atoms with Gasteiger partial charge in [-0.3, -0.25) is 9.69 Å². The molecule has 0 saturated heterocycles. The van der Waals surface area contributed by atoms with E-state index in [2.05, 4.69) is 41.9 Å². The van der Waals surface area contributed by atoms with Crippen molar-refractivity contribution in [2.75, 3.05) is 13.1 Å². The van der Waals surface area contributed by atoms with E-state index in [1.165, 1.54) is 22.5 Å². The van der Waals surface area contributed by atoms with Gasteiger partial charge in [0.25, 0.3) is 0 Å². The highest BCUT2D eigenvalue weighted by atomic mass is 32.1. The lowest BCUT2D eigenvalue weighted by atomic mass is 10.0. The van der Waals surface area contributed by atoms with Gasteiger partial charge in [-0.1, -0.05) is 38.1 Å². The molecule has 0 aliphatic rings. The number of carboxylic acid groups (broad SMARTS) is 1. The highest BCUT2D eigenvalue weighted by Gasteiger charge is 2.10. The van der Waals surface area contributed by atoms with Crippen molar-refractivity contribution < 1.29 is 9.90 Å². The summed E-state index contributed by atoms with van der Waals surface area (Å²) >= 11 is 1.54. The van der Waals surface area contributed by atoms with E-state index in [0.717, 1.165) is 31.1 Å². The third-order valence-corrected chi connectivity index (χ3v) is 4.58. The standard InChI is InChI=1S/C17H22N2O2S/c1-3-19(4-2)11-14-8-6-5-7-13(14)9-16-18-15(12-22-16)10-17(20)21/h5-8,12H,3-4,9-11H2,1-2H3,(H,20,21). The van der Waals surface area contributed by atoms with Gasteiger partial charge in [0.1, 0.15) is 0 Å². The van der Waals surface area contributed by atoms with E-state index in [9.17, 15) is 4.79 Å². The summed E-state index contributed by atoms with van der Waals surface area (Å²) in [4.78, 5) is 17.6. The molecule has 1 aromatic heterocycles. The number of rotatable bonds is 8. The quantitative estimate of drug-likeness (QED) is 0.812. The molecule has 0 aliphatic heterocycles. The molecule has 0 atom stereocenters. The minimum Gasteiger partial charge on any atom is -0.481 e. The first kappa shape index (κ1) is 16.6. The van der Waals surface area contributed by atoms with Gasteiger partial charge in [-0.25, -0.2) is 4.98 Å². The second kappa shape index (κ2) is 8.06. The van der Waals surface area contributed by atoms with E-state index in [4.69, 9.17) is 5.11 Å². The van der Waals surface area contributed by atoms with Crippen LogP contribution in [0.15, 0.2) is 29.6 Å². The van der Waals surface area contributed by atoms with Crippen molar-refractivity contribution in [3.8, 4) is 0 Å². The predicted molar refractivity (Wildman–Crippen MR) is 89.3 cm³/mol. The topological polar surface area (TPSA) is 53.4 Å². The molecule has 1 aromatic carbocycles. The Kier molecular flexibility index (Phi) is 6.10. The lowest BCUT2D eigenvalue weighted by Crippen LogP contribution is -2.22. The van der Waals surface area contributed by atoms with Crippen LogP contribution in [-0.4, -0.2) is 34.0 Å². The molecule has 1 N–H and O–H groups in total. The van der Waals surface area contributed by atoms with E-state index in [1.807, 2.05) is 11.4 Å². The summed E-state index contributed by atoms with van der Waals surface area (Å²) in [5.74, 6) is -0.834. The Morgan fingerprint density at radius 3 is 2.55 bits per heavy atom. The van der Waals surface area contributed by atoms with Crippen LogP contribution in [0.2, 0.25) is 0 Å². The maximum absolute atomic E-state index is 10.7. The molecule has 1 heterocycles. The summed E-state index contributed by atoms with van der Waals surface area (Å²) < 4.78 is 0. The molecule has 4 nitrogen and oxygen atoms in total. The molecule has 0 saturated carbocycles. The Hall–Kier alpha value is -1.72. The number of thiazole rings is 1. The summed E-state index contributed by atoms with van der Waals surface area (Å²) in [6.45, 7) is 7.35. The fourth-order valence-electron chi connectivity index (χ4n) is 2.40. The Bertz CT molecular complexity index is 621. The summed E-state index contributed by atoms with van der Waals surface area (Å²) in [5, 5.41) is 11.6. The van der Waals surface area contributed by atoms with Crippen LogP contribution in [0.25, 0.3) is 0 Å². The number of carbonyl (C=O) groups is 1. The fraction of sp³-hybridized carbons (Fsp3) is 0.412. The predicted octanol–water partition coefficient (Wildman–Crippen LogP) is 3.20. The largest absolute Gasteiger partial charge is 0.481 e. The molecule has 118 valence electrons. The van der Waals surface area contributed by atoms with Crippen molar-refractivity contribution in [3.05, 3.63) is 51.5 Å². The van der Waals surface area contributed by atoms with E-state index >= 15 is 0 Å². The van der Waals surface area contributed by atoms with Crippen LogP contribution in [0.1, 0.15) is 35.7 Å². The molecule has 0 aliphatic carbocycles. The maximum Gasteiger partial charge on any atom is 0.309 e. The SMILES string of the molecule is CCN(CC)Cc1ccccc1Cc1nc(CC(=O)O)cs1. The number of nitrogens with zero attached hydrogens (tertiary/aromatic N) is 2. The highest BCUT2D eigenvalue weighted by molar-refractivity contribution is 7.09. The Morgan fingerprint density at radius 1 is 1.23 bits per heavy atom. The van der Waals surface area contributed by atoms with Gasteiger partial charge >= 0.3 is 5.97 Å². The molecule has 2 rings (SSSR count). The van der Waals surface area contributed by atoms with Gasteiger partial charge in [0.15, 0.2) is 0 Å². The first-order valence-electron chi connectivity index (χ1n) is 7.56. The molecule has 0 unspecified atom stereocenters. The minimum absolute atomic E-state index is 0.00239. The van der Waals surface area contributed by atoms with E-state index in [1.54, 1.807) is 0 Å². The van der Waals surface area contributed by atoms with Gasteiger partial charge in [-0.2, -0.15) is 0 Å². The fourth-order valence-corrected chi connectivity index (χ4v) is 3.22. The zero-order chi connectivity index (χ0) is 15.9. The van der Waals surface area contributed by atoms with Crippen molar-refractivity contribution in [2.45, 2.75) is 33.2 Å². The molecule has 0 fully saturated rings. The van der Waals surface area contributed by atoms with Crippen LogP contribution < -0.4 is 0 Å². The zero-order valence-electron chi connectivity index (χ0n) is 13.1. The molecule has 0 bridgehead atoms. The van der Waals surface area contributed by atoms with Crippen molar-refractivity contribution >= 4 is 17.3 Å². The summed E-state index contributed by atoms with van der Waals surface area (Å²) in [6, 6.07) is 8.42. The van der Waals surface area contributed by atoms with Crippen molar-refractivity contribution in [1.82, 2.24) is 9.88 Å². The number of carboxylic acids is 1. The first-order chi connectivity index (χ1) is 10.6. The van der Waals surface area contributed by atoms with Gasteiger partial charge in [-0.05, 0) is 24.2 Å². The van der Waals surface area contributed by atoms with Crippen molar-refractivity contribution in [2.24, 2.45) is 0 Å². The number of hydrogen-bond donors (Lipinski definition) is 1. The zero-order valence-corrected chi connectivity index (χ0v) is 13.9. The third kappa shape index (κ3) is 4.64. The van der Waals surface area contributed by atoms with Crippen molar-refractivity contribution in [1.29, 1.82) is 0 Å². The average molecular weight is 318 g/mol. The van der Waals surface area contributed by atoms with Crippen LogP contribution in [-0.2, 0) is 24.2 Å². The molecule has 0 radical (unpaired) electrons. The van der Waals surface area contributed by atoms with Crippen LogP contribution in [0.3, 0.4) is 0 Å². The summed E-state index contributed by atoms with van der Waals surface area (Å²) in [5.41, 5.74) is 3.24. The van der Waals surface area contributed by atoms with Gasteiger partial charge < -0.3 is 5.11 Å². The maximum atomic E-state index is 10.7. The van der Waals surface area contributed by atoms with Crippen LogP contribution >= 0.6 is 11.3 Å². The molecule has 22 heavy (non-hydrogen) atoms. The second-order valence-electron chi connectivity index (χ2n) is 5.21. The van der Waals surface area contributed by atoms with Gasteiger partial charge in [-0.15, -0.1) is 11.3 Å². The molecule has 2 aromatic rings. The van der Waals surface area contributed by atoms with Crippen molar-refractivity contribution in [3.63, 3.8) is 0 Å². The van der Waals surface area contributed by atoms with Gasteiger partial charge in [0.2, 0.25) is 0 Å². The lowest BCUT2D eigenvalue weighted by molar-refractivity contribution is -0.136. The second-order valence-corrected chi connectivity index (χ2v) is 6.15. The summed E-state index contributed by atoms with van der Waals surface area (Å²) in [6.07, 6.45) is 0.763. The smallest absolute Gasteiger partial charge is 0.309 e. The summed E-state index contributed by atoms with van der Waals surface area (Å²) in [7, 11) is 0. The molecule has 0 spiro atoms. The Morgan fingerprint density at radius 2 is 1.91 bits per heavy atom. The van der Waals surface area contributed by atoms with Crippen LogP contribution in [0.4, 0.5) is 0 Å². The Labute approximate surface area is 135 Å². The number of aliphatic carboxylic acids is 1. The number of aromatic nitrogens is 1. The lowest BCUT2D eigenvalue weighted by Gasteiger charge is -2.19. The monoisotopic (exact) mass is 318 g/mol. The van der Waals surface area contributed by atoms with E-state index in [0.29, 0.717) is 5.69 Å². The van der Waals surface area contributed by atoms with Gasteiger partial charge in [0.05, 0.1) is 17.1 Å². The highest BCUT2D eigenvalue weighted by Crippen LogP contribution is 2.19. The van der Waals surface area contributed by atoms with E-state index < -0.39 is 5.97 Å². The molecule has 5 heteroatoms. The van der Waals surface area contributed by atoms with Gasteiger partial charge in [0, 0.05) is 18.3 Å². The molecular weight excluding hydrogens is 296 g/mol. The van der Waals surface area contributed by atoms with Crippen LogP contribution in [0, 0.1) is 0 Å². The van der Waals surface area contributed by atoms with E-state index in [-0.39, 0.29) is 6.42 Å². The number of hydrogen-bond acceptors (Lipinski definition) is 4. The third-order valence-electron chi connectivity index (χ3n) is 3.68. The van der Waals surface area contributed by atoms with Crippen LogP contribution in [0.5, 0.6) is 0 Å². The average Bonchev–Trinajstić information content (AvgIpc) is 2.92. The first-order valence-corrected chi connectivity index (χ1v) is 8.44. The molecule has 0 amide bonds. The molecular formula is C17H22N2O2S. The Balaban J connectivity index is 2.12.